The molecule has 0 radical (unpaired) electrons. The number of thioether (sulfide) groups is 2. The topological polar surface area (TPSA) is 351 Å². The van der Waals surface area contributed by atoms with Crippen LogP contribution < -0.4 is 48.7 Å². The first-order chi connectivity index (χ1) is 28.6. The molecular formula is C38H67N9O12S2. The fraction of sp³-hybridized carbons (Fsp3) is 0.763. The maximum atomic E-state index is 14.0. The lowest BCUT2D eigenvalue weighted by molar-refractivity contribution is -0.142. The van der Waals surface area contributed by atoms with E-state index in [1.54, 1.807) is 37.4 Å². The fourth-order valence-corrected chi connectivity index (χ4v) is 8.55. The highest BCUT2D eigenvalue weighted by atomic mass is 32.2. The zero-order valence-electron chi connectivity index (χ0n) is 35.9. The van der Waals surface area contributed by atoms with Crippen molar-refractivity contribution in [2.24, 2.45) is 17.4 Å². The molecule has 348 valence electrons. The summed E-state index contributed by atoms with van der Waals surface area (Å²) >= 11 is 3.09. The van der Waals surface area contributed by atoms with Crippen molar-refractivity contribution in [1.82, 2.24) is 37.2 Å². The number of carbonyl (C=O) groups is 9. The predicted octanol–water partition coefficient (Wildman–Crippen LogP) is -1.75. The summed E-state index contributed by atoms with van der Waals surface area (Å²) in [5.74, 6) is -6.70. The van der Waals surface area contributed by atoms with E-state index in [1.807, 2.05) is 6.92 Å². The van der Waals surface area contributed by atoms with Gasteiger partial charge in [-0.1, -0.05) is 20.3 Å². The minimum absolute atomic E-state index is 0.0112. The summed E-state index contributed by atoms with van der Waals surface area (Å²) in [5.41, 5.74) is 11.2. The second-order valence-corrected chi connectivity index (χ2v) is 18.5. The van der Waals surface area contributed by atoms with Gasteiger partial charge >= 0.3 is 11.9 Å². The molecule has 1 aliphatic rings. The third-order valence-electron chi connectivity index (χ3n) is 9.95. The molecule has 0 aliphatic carbocycles. The lowest BCUT2D eigenvalue weighted by Crippen LogP contribution is -2.62. The molecule has 1 heterocycles. The first kappa shape index (κ1) is 54.8. The van der Waals surface area contributed by atoms with Crippen LogP contribution in [0.4, 0.5) is 0 Å². The molecule has 1 saturated heterocycles. The lowest BCUT2D eigenvalue weighted by atomic mass is 9.96. The number of carboxylic acid groups (broad SMARTS) is 2. The summed E-state index contributed by atoms with van der Waals surface area (Å²) in [6.07, 6.45) is -0.408. The fourth-order valence-electron chi connectivity index (χ4n) is 5.87. The second-order valence-electron chi connectivity index (χ2n) is 15.3. The number of hydrogen-bond acceptors (Lipinski definition) is 14. The molecule has 1 rings (SSSR count). The van der Waals surface area contributed by atoms with Crippen molar-refractivity contribution >= 4 is 76.8 Å². The highest BCUT2D eigenvalue weighted by Gasteiger charge is 2.39. The van der Waals surface area contributed by atoms with Crippen LogP contribution in [0.25, 0.3) is 0 Å². The highest BCUT2D eigenvalue weighted by Crippen LogP contribution is 2.43. The van der Waals surface area contributed by atoms with Gasteiger partial charge in [-0.15, -0.1) is 23.5 Å². The molecule has 14 N–H and O–H groups in total. The molecule has 0 bridgehead atoms. The molecule has 1 fully saturated rings. The Morgan fingerprint density at radius 2 is 1.13 bits per heavy atom. The summed E-state index contributed by atoms with van der Waals surface area (Å²) in [4.78, 5) is 116. The van der Waals surface area contributed by atoms with Crippen LogP contribution >= 0.6 is 23.5 Å². The van der Waals surface area contributed by atoms with Crippen molar-refractivity contribution in [3.05, 3.63) is 0 Å². The summed E-state index contributed by atoms with van der Waals surface area (Å²) in [5, 5.41) is 46.9. The molecule has 21 nitrogen and oxygen atoms in total. The van der Waals surface area contributed by atoms with E-state index in [-0.39, 0.29) is 38.1 Å². The van der Waals surface area contributed by atoms with Gasteiger partial charge in [0, 0.05) is 24.5 Å². The number of carbonyl (C=O) groups excluding carboxylic acids is 7. The highest BCUT2D eigenvalue weighted by molar-refractivity contribution is 8.22. The average molecular weight is 906 g/mol. The van der Waals surface area contributed by atoms with Crippen LogP contribution in [-0.4, -0.2) is 146 Å². The van der Waals surface area contributed by atoms with Gasteiger partial charge in [0.25, 0.3) is 0 Å². The molecule has 1 aliphatic heterocycles. The Morgan fingerprint density at radius 3 is 1.64 bits per heavy atom. The van der Waals surface area contributed by atoms with Gasteiger partial charge < -0.3 is 64.0 Å². The van der Waals surface area contributed by atoms with Crippen molar-refractivity contribution in [3.63, 3.8) is 0 Å². The molecule has 23 heteroatoms. The number of amides is 7. The van der Waals surface area contributed by atoms with Gasteiger partial charge in [-0.05, 0) is 85.1 Å². The number of nitrogens with two attached hydrogens (primary N) is 2. The van der Waals surface area contributed by atoms with Crippen LogP contribution in [0.3, 0.4) is 0 Å². The van der Waals surface area contributed by atoms with Crippen molar-refractivity contribution in [2.45, 2.75) is 152 Å². The van der Waals surface area contributed by atoms with E-state index in [1.165, 1.54) is 20.8 Å². The molecular weight excluding hydrogens is 839 g/mol. The van der Waals surface area contributed by atoms with Crippen molar-refractivity contribution in [1.29, 1.82) is 0 Å². The van der Waals surface area contributed by atoms with Gasteiger partial charge in [-0.25, -0.2) is 0 Å². The summed E-state index contributed by atoms with van der Waals surface area (Å²) < 4.78 is -0.618. The number of aliphatic hydroxyl groups is 1. The molecule has 0 aromatic heterocycles. The van der Waals surface area contributed by atoms with Crippen LogP contribution in [0.1, 0.15) is 99.3 Å². The number of nitrogens with one attached hydrogen (secondary N) is 7. The van der Waals surface area contributed by atoms with Crippen molar-refractivity contribution in [3.8, 4) is 0 Å². The minimum atomic E-state index is -1.64. The summed E-state index contributed by atoms with van der Waals surface area (Å²) in [6.45, 7) is 9.62. The summed E-state index contributed by atoms with van der Waals surface area (Å²) in [7, 11) is 0. The standard InChI is InChI=1S/C38H67N9O12S2/c1-7-20(2)28(34(55)47-29(23(5)48)35(56)45-24(12-8-10-16-39)31(52)42-22(4)36(57)58)46-33(54)25(13-9-11-17-41-37(59)38(6)60-18-19-61-38)44-32(53)26(14-15-27(49)50)43-30(51)21(3)40/h20-26,28-29,48H,7-19,39-40H2,1-6H3,(H,41,59)(H,42,52)(H,43,51)(H,44,53)(H,45,56)(H,46,54)(H,47,55)(H,49,50)(H,57,58)/t20-,21-,22-,23+,24-,25-,26-,28-,29-/m0/s1. The van der Waals surface area contributed by atoms with E-state index in [0.717, 1.165) is 11.5 Å². The molecule has 0 spiro atoms. The van der Waals surface area contributed by atoms with E-state index in [0.29, 0.717) is 32.2 Å². The molecule has 0 saturated carbocycles. The first-order valence-corrected chi connectivity index (χ1v) is 22.5. The third kappa shape index (κ3) is 19.6. The van der Waals surface area contributed by atoms with E-state index >= 15 is 0 Å². The lowest BCUT2D eigenvalue weighted by Gasteiger charge is -2.30. The van der Waals surface area contributed by atoms with Gasteiger partial charge in [-0.2, -0.15) is 0 Å². The molecule has 0 aromatic carbocycles. The normalized spacial score (nSPS) is 17.7. The molecule has 61 heavy (non-hydrogen) atoms. The third-order valence-corrected chi connectivity index (χ3v) is 13.2. The number of unbranched alkanes of at least 4 members (excludes halogenated alkanes) is 2. The maximum absolute atomic E-state index is 14.0. The smallest absolute Gasteiger partial charge is 0.325 e. The quantitative estimate of drug-likeness (QED) is 0.0370. The van der Waals surface area contributed by atoms with Gasteiger partial charge in [0.15, 0.2) is 0 Å². The second kappa shape index (κ2) is 27.7. The van der Waals surface area contributed by atoms with Crippen LogP contribution in [0.2, 0.25) is 0 Å². The number of hydrogen-bond donors (Lipinski definition) is 12. The monoisotopic (exact) mass is 905 g/mol. The molecule has 0 aromatic rings. The van der Waals surface area contributed by atoms with Crippen LogP contribution in [0.15, 0.2) is 0 Å². The summed E-state index contributed by atoms with van der Waals surface area (Å²) in [6, 6.07) is -9.28. The van der Waals surface area contributed by atoms with Crippen molar-refractivity contribution < 1.29 is 58.5 Å². The van der Waals surface area contributed by atoms with Gasteiger partial charge in [0.1, 0.15) is 40.3 Å². The Bertz CT molecular complexity index is 1520. The van der Waals surface area contributed by atoms with E-state index in [9.17, 15) is 58.5 Å². The van der Waals surface area contributed by atoms with Gasteiger partial charge in [0.05, 0.1) is 12.1 Å². The Labute approximate surface area is 365 Å². The Morgan fingerprint density at radius 1 is 0.656 bits per heavy atom. The number of aliphatic carboxylic acids is 2. The van der Waals surface area contributed by atoms with E-state index in [4.69, 9.17) is 11.5 Å². The molecule has 0 unspecified atom stereocenters. The number of carboxylic acids is 2. The zero-order chi connectivity index (χ0) is 46.4. The van der Waals surface area contributed by atoms with Crippen LogP contribution in [-0.2, 0) is 43.2 Å². The predicted molar refractivity (Wildman–Crippen MR) is 230 cm³/mol. The maximum Gasteiger partial charge on any atom is 0.325 e. The Kier molecular flexibility index (Phi) is 24.9. The van der Waals surface area contributed by atoms with Crippen LogP contribution in [0.5, 0.6) is 0 Å². The average Bonchev–Trinajstić information content (AvgIpc) is 3.65. The first-order valence-electron chi connectivity index (χ1n) is 20.5. The number of aliphatic hydroxyl groups excluding tert-OH is 1. The zero-order valence-corrected chi connectivity index (χ0v) is 37.5. The van der Waals surface area contributed by atoms with E-state index < -0.39 is 112 Å². The largest absolute Gasteiger partial charge is 0.481 e. The van der Waals surface area contributed by atoms with Gasteiger partial charge in [-0.3, -0.25) is 43.2 Å². The van der Waals surface area contributed by atoms with Crippen LogP contribution in [0, 0.1) is 5.92 Å². The minimum Gasteiger partial charge on any atom is -0.481 e. The van der Waals surface area contributed by atoms with E-state index in [2.05, 4.69) is 37.2 Å². The van der Waals surface area contributed by atoms with Gasteiger partial charge in [0.2, 0.25) is 41.4 Å². The van der Waals surface area contributed by atoms with Crippen molar-refractivity contribution in [2.75, 3.05) is 24.6 Å². The number of rotatable bonds is 29. The Hall–Kier alpha value is -4.19. The molecule has 9 atom stereocenters. The molecule has 7 amide bonds. The Balaban J connectivity index is 3.34. The SMILES string of the molecule is CC[C@H](C)[C@H](NC(=O)[C@H](CCCCNC(=O)C1(C)SCCS1)NC(=O)[C@H](CCC(=O)O)NC(=O)[C@H](C)N)C(=O)N[C@H](C(=O)N[C@@H](CCCCN)C(=O)N[C@@H](C)C(=O)O)[C@@H](C)O.